The van der Waals surface area contributed by atoms with Crippen molar-refractivity contribution >= 4 is 11.8 Å². The van der Waals surface area contributed by atoms with E-state index in [2.05, 4.69) is 4.98 Å². The Morgan fingerprint density at radius 1 is 1.44 bits per heavy atom. The van der Waals surface area contributed by atoms with E-state index in [0.29, 0.717) is 51.6 Å². The monoisotopic (exact) mass is 347 g/mol. The number of amides is 2. The molecule has 2 aliphatic heterocycles. The number of carbonyl (C=O) groups is 2. The number of methoxy groups -OCH3 is 1. The molecule has 7 heteroatoms. The van der Waals surface area contributed by atoms with Crippen LogP contribution in [0.25, 0.3) is 0 Å². The van der Waals surface area contributed by atoms with Gasteiger partial charge < -0.3 is 19.3 Å². The summed E-state index contributed by atoms with van der Waals surface area (Å²) in [5, 5.41) is 0. The van der Waals surface area contributed by atoms with Crippen LogP contribution in [0.3, 0.4) is 0 Å². The summed E-state index contributed by atoms with van der Waals surface area (Å²) >= 11 is 0. The zero-order valence-electron chi connectivity index (χ0n) is 14.6. The van der Waals surface area contributed by atoms with E-state index >= 15 is 0 Å². The van der Waals surface area contributed by atoms with Crippen molar-refractivity contribution in [2.45, 2.75) is 24.8 Å². The van der Waals surface area contributed by atoms with Gasteiger partial charge in [0.25, 0.3) is 5.91 Å². The number of pyridine rings is 1. The van der Waals surface area contributed by atoms with Gasteiger partial charge in [-0.15, -0.1) is 0 Å². The number of nitrogens with zero attached hydrogens (tertiary/aromatic N) is 3. The van der Waals surface area contributed by atoms with Crippen LogP contribution in [0.5, 0.6) is 0 Å². The molecule has 25 heavy (non-hydrogen) atoms. The lowest BCUT2D eigenvalue weighted by Gasteiger charge is -2.40. The van der Waals surface area contributed by atoms with Crippen LogP contribution in [0.2, 0.25) is 0 Å². The van der Waals surface area contributed by atoms with Crippen molar-refractivity contribution in [2.75, 3.05) is 46.6 Å². The van der Waals surface area contributed by atoms with Gasteiger partial charge in [-0.3, -0.25) is 14.6 Å². The second-order valence-electron chi connectivity index (χ2n) is 6.61. The van der Waals surface area contributed by atoms with Gasteiger partial charge in [0.15, 0.2) is 0 Å². The largest absolute Gasteiger partial charge is 0.385 e. The second kappa shape index (κ2) is 7.93. The molecule has 0 radical (unpaired) electrons. The lowest BCUT2D eigenvalue weighted by Crippen LogP contribution is -2.57. The minimum Gasteiger partial charge on any atom is -0.385 e. The van der Waals surface area contributed by atoms with Crippen molar-refractivity contribution < 1.29 is 19.1 Å². The summed E-state index contributed by atoms with van der Waals surface area (Å²) in [7, 11) is 1.66. The fraction of sp³-hybridized carbons (Fsp3) is 0.611. The number of hydrogen-bond donors (Lipinski definition) is 0. The predicted octanol–water partition coefficient (Wildman–Crippen LogP) is 0.952. The fourth-order valence-corrected chi connectivity index (χ4v) is 3.64. The third kappa shape index (κ3) is 3.82. The lowest BCUT2D eigenvalue weighted by atomic mass is 9.95. The van der Waals surface area contributed by atoms with E-state index in [1.54, 1.807) is 36.4 Å². The molecule has 3 heterocycles. The Morgan fingerprint density at radius 2 is 2.32 bits per heavy atom. The SMILES string of the molecule is COCCCN1C(=O)CCN(C(=O)c2ccccn2)CC12CCOC2. The van der Waals surface area contributed by atoms with Crippen LogP contribution in [0.15, 0.2) is 24.4 Å². The highest BCUT2D eigenvalue weighted by Crippen LogP contribution is 2.31. The Hall–Kier alpha value is -1.99. The summed E-state index contributed by atoms with van der Waals surface area (Å²) in [4.78, 5) is 33.4. The molecule has 0 bridgehead atoms. The van der Waals surface area contributed by atoms with Crippen LogP contribution in [-0.2, 0) is 14.3 Å². The third-order valence-electron chi connectivity index (χ3n) is 4.94. The molecule has 136 valence electrons. The van der Waals surface area contributed by atoms with Gasteiger partial charge in [-0.1, -0.05) is 6.07 Å². The van der Waals surface area contributed by atoms with Crippen LogP contribution in [-0.4, -0.2) is 78.7 Å². The van der Waals surface area contributed by atoms with E-state index in [-0.39, 0.29) is 11.8 Å². The predicted molar refractivity (Wildman–Crippen MR) is 91.1 cm³/mol. The molecule has 1 unspecified atom stereocenters. The highest BCUT2D eigenvalue weighted by atomic mass is 16.5. The molecular formula is C18H25N3O4. The minimum absolute atomic E-state index is 0.0814. The molecule has 1 aromatic rings. The topological polar surface area (TPSA) is 72.0 Å². The summed E-state index contributed by atoms with van der Waals surface area (Å²) in [6.07, 6.45) is 3.46. The standard InChI is InChI=1S/C18H25N3O4/c1-24-11-4-9-21-16(22)6-10-20(13-18(21)7-12-25-14-18)17(23)15-5-2-3-8-19-15/h2-3,5,8H,4,6-7,9-14H2,1H3. The lowest BCUT2D eigenvalue weighted by molar-refractivity contribution is -0.136. The number of aromatic nitrogens is 1. The van der Waals surface area contributed by atoms with Crippen LogP contribution < -0.4 is 0 Å². The Labute approximate surface area is 147 Å². The van der Waals surface area contributed by atoms with E-state index < -0.39 is 5.54 Å². The maximum absolute atomic E-state index is 12.8. The zero-order chi connectivity index (χ0) is 17.7. The molecule has 0 aromatic carbocycles. The molecule has 2 saturated heterocycles. The van der Waals surface area contributed by atoms with Crippen LogP contribution in [0, 0.1) is 0 Å². The van der Waals surface area contributed by atoms with Gasteiger partial charge in [0.2, 0.25) is 5.91 Å². The van der Waals surface area contributed by atoms with Crippen molar-refractivity contribution in [1.82, 2.24) is 14.8 Å². The van der Waals surface area contributed by atoms with Crippen LogP contribution in [0.4, 0.5) is 0 Å². The molecule has 2 amide bonds. The molecule has 2 fully saturated rings. The van der Waals surface area contributed by atoms with E-state index in [4.69, 9.17) is 9.47 Å². The average Bonchev–Trinajstić information content (AvgIpc) is 3.06. The van der Waals surface area contributed by atoms with Crippen molar-refractivity contribution in [3.63, 3.8) is 0 Å². The van der Waals surface area contributed by atoms with Crippen molar-refractivity contribution in [3.05, 3.63) is 30.1 Å². The molecule has 1 atom stereocenters. The summed E-state index contributed by atoms with van der Waals surface area (Å²) in [6.45, 7) is 3.22. The van der Waals surface area contributed by atoms with Crippen LogP contribution >= 0.6 is 0 Å². The number of hydrogen-bond acceptors (Lipinski definition) is 5. The molecule has 0 saturated carbocycles. The molecule has 2 aliphatic rings. The average molecular weight is 347 g/mol. The fourth-order valence-electron chi connectivity index (χ4n) is 3.64. The van der Waals surface area contributed by atoms with Gasteiger partial charge in [-0.2, -0.15) is 0 Å². The van der Waals surface area contributed by atoms with Crippen molar-refractivity contribution in [1.29, 1.82) is 0 Å². The Bertz CT molecular complexity index is 602. The van der Waals surface area contributed by atoms with Gasteiger partial charge in [0.1, 0.15) is 5.69 Å². The van der Waals surface area contributed by atoms with Gasteiger partial charge in [-0.05, 0) is 25.0 Å². The van der Waals surface area contributed by atoms with Gasteiger partial charge in [0, 0.05) is 52.6 Å². The number of ether oxygens (including phenoxy) is 2. The molecule has 1 aromatic heterocycles. The summed E-state index contributed by atoms with van der Waals surface area (Å²) in [5.74, 6) is -0.0451. The Kier molecular flexibility index (Phi) is 5.65. The molecule has 3 rings (SSSR count). The first-order valence-corrected chi connectivity index (χ1v) is 8.74. The van der Waals surface area contributed by atoms with E-state index in [1.165, 1.54) is 0 Å². The molecule has 0 N–H and O–H groups in total. The smallest absolute Gasteiger partial charge is 0.272 e. The van der Waals surface area contributed by atoms with Crippen molar-refractivity contribution in [3.8, 4) is 0 Å². The first kappa shape index (κ1) is 17.8. The van der Waals surface area contributed by atoms with Crippen LogP contribution in [0.1, 0.15) is 29.8 Å². The van der Waals surface area contributed by atoms with Gasteiger partial charge in [0.05, 0.1) is 12.1 Å². The first-order chi connectivity index (χ1) is 12.2. The molecule has 1 spiro atoms. The highest BCUT2D eigenvalue weighted by molar-refractivity contribution is 5.93. The summed E-state index contributed by atoms with van der Waals surface area (Å²) < 4.78 is 10.8. The van der Waals surface area contributed by atoms with E-state index in [9.17, 15) is 9.59 Å². The van der Waals surface area contributed by atoms with E-state index in [1.807, 2.05) is 4.90 Å². The first-order valence-electron chi connectivity index (χ1n) is 8.74. The van der Waals surface area contributed by atoms with Gasteiger partial charge in [-0.25, -0.2) is 0 Å². The molecule has 0 aliphatic carbocycles. The Balaban J connectivity index is 1.81. The van der Waals surface area contributed by atoms with Gasteiger partial charge >= 0.3 is 0 Å². The maximum atomic E-state index is 12.8. The summed E-state index contributed by atoms with van der Waals surface area (Å²) in [5.41, 5.74) is -0.0250. The van der Waals surface area contributed by atoms with Crippen molar-refractivity contribution in [2.24, 2.45) is 0 Å². The van der Waals surface area contributed by atoms with E-state index in [0.717, 1.165) is 12.8 Å². The quantitative estimate of drug-likeness (QED) is 0.742. The number of rotatable bonds is 5. The number of carbonyl (C=O) groups excluding carboxylic acids is 2. The third-order valence-corrected chi connectivity index (χ3v) is 4.94. The minimum atomic E-state index is -0.439. The molecular weight excluding hydrogens is 322 g/mol. The maximum Gasteiger partial charge on any atom is 0.272 e. The normalized spacial score (nSPS) is 24.0. The summed E-state index contributed by atoms with van der Waals surface area (Å²) in [6, 6.07) is 5.30. The second-order valence-corrected chi connectivity index (χ2v) is 6.61. The zero-order valence-corrected chi connectivity index (χ0v) is 14.6. The molecule has 7 nitrogen and oxygen atoms in total. The highest BCUT2D eigenvalue weighted by Gasteiger charge is 2.46. The Morgan fingerprint density at radius 3 is 3.00 bits per heavy atom.